The molecule has 1 saturated carbocycles. The van der Waals surface area contributed by atoms with Crippen molar-refractivity contribution in [3.63, 3.8) is 0 Å². The average Bonchev–Trinajstić information content (AvgIpc) is 2.56. The summed E-state index contributed by atoms with van der Waals surface area (Å²) in [5, 5.41) is 5.65. The van der Waals surface area contributed by atoms with Crippen molar-refractivity contribution < 1.29 is 13.2 Å². The summed E-state index contributed by atoms with van der Waals surface area (Å²) in [5.41, 5.74) is 1.41. The van der Waals surface area contributed by atoms with E-state index in [1.807, 2.05) is 13.1 Å². The number of benzene rings is 1. The highest BCUT2D eigenvalue weighted by Crippen LogP contribution is 2.26. The third-order valence-electron chi connectivity index (χ3n) is 4.47. The maximum atomic E-state index is 12.6. The van der Waals surface area contributed by atoms with Gasteiger partial charge in [-0.15, -0.1) is 0 Å². The molecule has 2 rings (SSSR count). The molecule has 1 aromatic carbocycles. The fraction of sp³-hybridized carbons (Fsp3) is 0.611. The van der Waals surface area contributed by atoms with Crippen LogP contribution in [0.5, 0.6) is 0 Å². The second-order valence-corrected chi connectivity index (χ2v) is 8.80. The Morgan fingerprint density at radius 3 is 2.67 bits per heavy atom. The van der Waals surface area contributed by atoms with Crippen LogP contribution in [0.3, 0.4) is 0 Å². The molecule has 1 aliphatic carbocycles. The molecule has 5 nitrogen and oxygen atoms in total. The Morgan fingerprint density at radius 1 is 1.21 bits per heavy atom. The zero-order valence-electron chi connectivity index (χ0n) is 14.4. The number of anilines is 1. The summed E-state index contributed by atoms with van der Waals surface area (Å²) in [6.07, 6.45) is 5.94. The van der Waals surface area contributed by atoms with Gasteiger partial charge in [-0.3, -0.25) is 4.79 Å². The minimum atomic E-state index is -3.12. The molecule has 0 saturated heterocycles. The fourth-order valence-corrected chi connectivity index (χ4v) is 5.09. The van der Waals surface area contributed by atoms with Crippen molar-refractivity contribution in [2.24, 2.45) is 0 Å². The molecule has 1 amide bonds. The van der Waals surface area contributed by atoms with Gasteiger partial charge in [-0.1, -0.05) is 31.4 Å². The lowest BCUT2D eigenvalue weighted by Crippen LogP contribution is -2.25. The molecule has 0 aliphatic heterocycles. The van der Waals surface area contributed by atoms with Gasteiger partial charge in [0.2, 0.25) is 5.91 Å². The molecule has 0 bridgehead atoms. The van der Waals surface area contributed by atoms with Crippen LogP contribution in [-0.4, -0.2) is 33.2 Å². The van der Waals surface area contributed by atoms with E-state index in [4.69, 9.17) is 0 Å². The molecular formula is C18H28N2O3S. The summed E-state index contributed by atoms with van der Waals surface area (Å²) >= 11 is 0. The molecule has 0 radical (unpaired) electrons. The van der Waals surface area contributed by atoms with Crippen LogP contribution in [0.2, 0.25) is 0 Å². The summed E-state index contributed by atoms with van der Waals surface area (Å²) in [5.74, 6) is 0.0127. The lowest BCUT2D eigenvalue weighted by atomic mass is 10.0. The second-order valence-electron chi connectivity index (χ2n) is 6.52. The zero-order valence-corrected chi connectivity index (χ0v) is 15.2. The van der Waals surface area contributed by atoms with Gasteiger partial charge in [0.1, 0.15) is 0 Å². The number of hydrogen-bond acceptors (Lipinski definition) is 4. The van der Waals surface area contributed by atoms with E-state index >= 15 is 0 Å². The van der Waals surface area contributed by atoms with E-state index < -0.39 is 9.84 Å². The summed E-state index contributed by atoms with van der Waals surface area (Å²) in [4.78, 5) is 11.9. The minimum absolute atomic E-state index is 0.0439. The lowest BCUT2D eigenvalue weighted by molar-refractivity contribution is -0.116. The van der Waals surface area contributed by atoms with E-state index in [1.54, 1.807) is 18.2 Å². The van der Waals surface area contributed by atoms with Gasteiger partial charge in [-0.2, -0.15) is 0 Å². The highest BCUT2D eigenvalue weighted by Gasteiger charge is 2.27. The van der Waals surface area contributed by atoms with Crippen molar-refractivity contribution in [1.82, 2.24) is 5.32 Å². The van der Waals surface area contributed by atoms with E-state index in [2.05, 4.69) is 10.6 Å². The van der Waals surface area contributed by atoms with Gasteiger partial charge in [0.15, 0.2) is 9.84 Å². The largest absolute Gasteiger partial charge is 0.326 e. The minimum Gasteiger partial charge on any atom is -0.326 e. The number of nitrogens with one attached hydrogen (secondary N) is 2. The van der Waals surface area contributed by atoms with Crippen molar-refractivity contribution >= 4 is 21.4 Å². The van der Waals surface area contributed by atoms with E-state index in [0.29, 0.717) is 12.1 Å². The van der Waals surface area contributed by atoms with Crippen LogP contribution in [-0.2, 0) is 20.4 Å². The molecule has 2 N–H and O–H groups in total. The van der Waals surface area contributed by atoms with Crippen molar-refractivity contribution in [2.75, 3.05) is 18.9 Å². The molecule has 0 spiro atoms. The molecule has 0 unspecified atom stereocenters. The Labute approximate surface area is 145 Å². The highest BCUT2D eigenvalue weighted by molar-refractivity contribution is 7.91. The van der Waals surface area contributed by atoms with Crippen LogP contribution in [0.1, 0.15) is 50.5 Å². The summed E-state index contributed by atoms with van der Waals surface area (Å²) in [7, 11) is -1.26. The van der Waals surface area contributed by atoms with Gasteiger partial charge in [0, 0.05) is 12.1 Å². The number of carbonyl (C=O) groups excluding carboxylic acids is 1. The first-order valence-electron chi connectivity index (χ1n) is 8.76. The second kappa shape index (κ2) is 9.18. The van der Waals surface area contributed by atoms with E-state index in [-0.39, 0.29) is 16.9 Å². The molecule has 1 fully saturated rings. The Bertz CT molecular complexity index is 637. The van der Waals surface area contributed by atoms with Crippen LogP contribution in [0.4, 0.5) is 5.69 Å². The number of sulfone groups is 1. The Kier molecular flexibility index (Phi) is 7.24. The van der Waals surface area contributed by atoms with Gasteiger partial charge < -0.3 is 10.6 Å². The number of amides is 1. The highest BCUT2D eigenvalue weighted by atomic mass is 32.2. The molecule has 0 heterocycles. The smallest absolute Gasteiger partial charge is 0.224 e. The molecule has 134 valence electrons. The third kappa shape index (κ3) is 5.91. The normalized spacial score (nSPS) is 16.0. The monoisotopic (exact) mass is 352 g/mol. The van der Waals surface area contributed by atoms with Gasteiger partial charge >= 0.3 is 0 Å². The first-order valence-corrected chi connectivity index (χ1v) is 10.5. The standard InChI is InChI=1S/C18H28N2O3S/c1-19-12-6-11-18(21)20-16-8-5-7-15(13-16)14-24(22,23)17-9-3-2-4-10-17/h5,7-8,13,17,19H,2-4,6,9-12,14H2,1H3,(H,20,21). The van der Waals surface area contributed by atoms with Crippen molar-refractivity contribution in [3.05, 3.63) is 29.8 Å². The Balaban J connectivity index is 1.95. The van der Waals surface area contributed by atoms with Crippen LogP contribution in [0.25, 0.3) is 0 Å². The first kappa shape index (κ1) is 18.9. The van der Waals surface area contributed by atoms with E-state index in [0.717, 1.165) is 50.6 Å². The molecule has 0 atom stereocenters. The summed E-state index contributed by atoms with van der Waals surface area (Å²) in [6, 6.07) is 7.19. The average molecular weight is 353 g/mol. The van der Waals surface area contributed by atoms with Gasteiger partial charge in [0.05, 0.1) is 11.0 Å². The van der Waals surface area contributed by atoms with Gasteiger partial charge in [-0.05, 0) is 50.6 Å². The maximum absolute atomic E-state index is 12.6. The fourth-order valence-electron chi connectivity index (χ4n) is 3.16. The van der Waals surface area contributed by atoms with Crippen molar-refractivity contribution in [2.45, 2.75) is 55.9 Å². The quantitative estimate of drug-likeness (QED) is 0.706. The topological polar surface area (TPSA) is 75.3 Å². The zero-order chi connectivity index (χ0) is 17.4. The molecule has 1 aliphatic rings. The molecule has 24 heavy (non-hydrogen) atoms. The predicted molar refractivity (Wildman–Crippen MR) is 97.7 cm³/mol. The van der Waals surface area contributed by atoms with Gasteiger partial charge in [0.25, 0.3) is 0 Å². The molecule has 1 aromatic rings. The maximum Gasteiger partial charge on any atom is 0.224 e. The van der Waals surface area contributed by atoms with Crippen molar-refractivity contribution in [1.29, 1.82) is 0 Å². The number of rotatable bonds is 8. The molecule has 0 aromatic heterocycles. The number of carbonyl (C=O) groups is 1. The lowest BCUT2D eigenvalue weighted by Gasteiger charge is -2.21. The molecule has 6 heteroatoms. The van der Waals surface area contributed by atoms with Crippen LogP contribution in [0, 0.1) is 0 Å². The first-order chi connectivity index (χ1) is 11.5. The predicted octanol–water partition coefficient (Wildman–Crippen LogP) is 2.87. The van der Waals surface area contributed by atoms with Crippen LogP contribution < -0.4 is 10.6 Å². The van der Waals surface area contributed by atoms with Crippen LogP contribution >= 0.6 is 0 Å². The SMILES string of the molecule is CNCCCC(=O)Nc1cccc(CS(=O)(=O)C2CCCCC2)c1. The van der Waals surface area contributed by atoms with Gasteiger partial charge in [-0.25, -0.2) is 8.42 Å². The Morgan fingerprint density at radius 2 is 1.96 bits per heavy atom. The van der Waals surface area contributed by atoms with Crippen LogP contribution in [0.15, 0.2) is 24.3 Å². The number of hydrogen-bond donors (Lipinski definition) is 2. The summed E-state index contributed by atoms with van der Waals surface area (Å²) in [6.45, 7) is 0.799. The van der Waals surface area contributed by atoms with Crippen molar-refractivity contribution in [3.8, 4) is 0 Å². The van der Waals surface area contributed by atoms with E-state index in [9.17, 15) is 13.2 Å². The third-order valence-corrected chi connectivity index (χ3v) is 6.69. The summed E-state index contributed by atoms with van der Waals surface area (Å²) < 4.78 is 25.1. The Hall–Kier alpha value is -1.40. The van der Waals surface area contributed by atoms with E-state index in [1.165, 1.54) is 0 Å². The molecular weight excluding hydrogens is 324 g/mol.